The Hall–Kier alpha value is -2.28. The summed E-state index contributed by atoms with van der Waals surface area (Å²) in [5.74, 6) is 1.39. The summed E-state index contributed by atoms with van der Waals surface area (Å²) in [4.78, 5) is 16.2. The molecule has 2 rings (SSSR count). The van der Waals surface area contributed by atoms with Crippen LogP contribution in [0.2, 0.25) is 0 Å². The first-order valence-electron chi connectivity index (χ1n) is 6.64. The maximum absolute atomic E-state index is 12.0. The molecule has 0 fully saturated rings. The molecule has 0 atom stereocenters. The summed E-state index contributed by atoms with van der Waals surface area (Å²) in [6.07, 6.45) is 0.972. The molecule has 0 unspecified atom stereocenters. The van der Waals surface area contributed by atoms with Crippen LogP contribution < -0.4 is 19.5 Å². The molecule has 1 aromatic heterocycles. The number of hydrogen-bond acceptors (Lipinski definition) is 6. The molecule has 1 heterocycles. The largest absolute Gasteiger partial charge is 0.493 e. The molecule has 1 N–H and O–H groups in total. The molecule has 0 saturated heterocycles. The number of nitrogens with zero attached hydrogens (tertiary/aromatic N) is 1. The molecule has 118 valence electrons. The number of aryl methyl sites for hydroxylation is 1. The molecule has 0 saturated carbocycles. The summed E-state index contributed by atoms with van der Waals surface area (Å²) >= 11 is 1.52. The number of aromatic nitrogens is 1. The van der Waals surface area contributed by atoms with E-state index in [1.807, 2.05) is 5.38 Å². The number of benzene rings is 1. The van der Waals surface area contributed by atoms with Crippen molar-refractivity contribution in [3.05, 3.63) is 28.7 Å². The summed E-state index contributed by atoms with van der Waals surface area (Å²) in [5, 5.41) is 4.76. The van der Waals surface area contributed by atoms with E-state index in [-0.39, 0.29) is 5.91 Å². The Bertz CT molecular complexity index is 603. The topological polar surface area (TPSA) is 69.7 Å². The molecule has 0 aliphatic rings. The average Bonchev–Trinajstić information content (AvgIpc) is 3.05. The van der Waals surface area contributed by atoms with Crippen LogP contribution in [0.1, 0.15) is 12.1 Å². The van der Waals surface area contributed by atoms with E-state index in [0.717, 1.165) is 5.69 Å². The number of ether oxygens (including phenoxy) is 3. The van der Waals surface area contributed by atoms with Crippen LogP contribution >= 0.6 is 11.3 Å². The minimum absolute atomic E-state index is 0.0951. The van der Waals surface area contributed by atoms with Gasteiger partial charge in [0, 0.05) is 29.6 Å². The first-order valence-corrected chi connectivity index (χ1v) is 7.59. The van der Waals surface area contributed by atoms with E-state index in [4.69, 9.17) is 14.2 Å². The monoisotopic (exact) mass is 322 g/mol. The van der Waals surface area contributed by atoms with E-state index < -0.39 is 0 Å². The highest BCUT2D eigenvalue weighted by atomic mass is 32.1. The fourth-order valence-corrected chi connectivity index (χ4v) is 2.57. The molecule has 7 heteroatoms. The molecule has 0 radical (unpaired) electrons. The second-order valence-corrected chi connectivity index (χ2v) is 5.16. The number of carbonyl (C=O) groups is 1. The molecule has 6 nitrogen and oxygen atoms in total. The minimum Gasteiger partial charge on any atom is -0.493 e. The maximum Gasteiger partial charge on any atom is 0.224 e. The van der Waals surface area contributed by atoms with Gasteiger partial charge in [-0.1, -0.05) is 0 Å². The Kier molecular flexibility index (Phi) is 5.60. The molecule has 1 amide bonds. The fraction of sp³-hybridized carbons (Fsp3) is 0.333. The lowest BCUT2D eigenvalue weighted by Gasteiger charge is -2.14. The Morgan fingerprint density at radius 3 is 2.36 bits per heavy atom. The first kappa shape index (κ1) is 16.1. The van der Waals surface area contributed by atoms with E-state index in [0.29, 0.717) is 35.8 Å². The van der Waals surface area contributed by atoms with Crippen molar-refractivity contribution in [2.75, 3.05) is 26.6 Å². The van der Waals surface area contributed by atoms with Gasteiger partial charge in [0.25, 0.3) is 0 Å². The summed E-state index contributed by atoms with van der Waals surface area (Å²) in [6, 6.07) is 3.39. The summed E-state index contributed by atoms with van der Waals surface area (Å²) in [6.45, 7) is 0. The molecular weight excluding hydrogens is 304 g/mol. The first-order chi connectivity index (χ1) is 10.7. The highest BCUT2D eigenvalue weighted by Crippen LogP contribution is 2.39. The average molecular weight is 322 g/mol. The number of hydrogen-bond donors (Lipinski definition) is 1. The van der Waals surface area contributed by atoms with Crippen LogP contribution in [0.3, 0.4) is 0 Å². The third-order valence-corrected chi connectivity index (χ3v) is 3.68. The Morgan fingerprint density at radius 2 is 1.86 bits per heavy atom. The smallest absolute Gasteiger partial charge is 0.224 e. The lowest BCUT2D eigenvalue weighted by Crippen LogP contribution is -2.12. The van der Waals surface area contributed by atoms with Gasteiger partial charge in [-0.25, -0.2) is 4.98 Å². The number of thiazole rings is 1. The van der Waals surface area contributed by atoms with Gasteiger partial charge in [-0.05, 0) is 6.42 Å². The molecular formula is C15H18N2O4S. The van der Waals surface area contributed by atoms with Crippen molar-refractivity contribution in [1.29, 1.82) is 0 Å². The van der Waals surface area contributed by atoms with Gasteiger partial charge in [0.1, 0.15) is 0 Å². The van der Waals surface area contributed by atoms with Crippen LogP contribution in [0.15, 0.2) is 23.0 Å². The van der Waals surface area contributed by atoms with Gasteiger partial charge in [0.2, 0.25) is 11.7 Å². The standard InChI is InChI=1S/C15H18N2O4S/c1-19-12-6-11(7-13(20-2)15(12)21-3)17-14(18)5-4-10-8-22-9-16-10/h6-9H,4-5H2,1-3H3,(H,17,18). The van der Waals surface area contributed by atoms with Crippen molar-refractivity contribution in [2.24, 2.45) is 0 Å². The van der Waals surface area contributed by atoms with Crippen molar-refractivity contribution in [2.45, 2.75) is 12.8 Å². The normalized spacial score (nSPS) is 10.1. The fourth-order valence-electron chi connectivity index (χ4n) is 1.98. The lowest BCUT2D eigenvalue weighted by molar-refractivity contribution is -0.116. The minimum atomic E-state index is -0.0951. The predicted octanol–water partition coefficient (Wildman–Crippen LogP) is 2.74. The second-order valence-electron chi connectivity index (χ2n) is 4.44. The molecule has 2 aromatic rings. The van der Waals surface area contributed by atoms with Gasteiger partial charge in [-0.2, -0.15) is 0 Å². The van der Waals surface area contributed by atoms with E-state index in [2.05, 4.69) is 10.3 Å². The van der Waals surface area contributed by atoms with Gasteiger partial charge in [0.15, 0.2) is 11.5 Å². The van der Waals surface area contributed by atoms with Crippen LogP contribution in [0.5, 0.6) is 17.2 Å². The van der Waals surface area contributed by atoms with Crippen molar-refractivity contribution in [3.8, 4) is 17.2 Å². The second kappa shape index (κ2) is 7.65. The van der Waals surface area contributed by atoms with E-state index in [9.17, 15) is 4.79 Å². The number of anilines is 1. The van der Waals surface area contributed by atoms with Crippen molar-refractivity contribution >= 4 is 22.9 Å². The van der Waals surface area contributed by atoms with E-state index in [1.54, 1.807) is 17.6 Å². The zero-order chi connectivity index (χ0) is 15.9. The third kappa shape index (κ3) is 3.88. The molecule has 1 aromatic carbocycles. The third-order valence-electron chi connectivity index (χ3n) is 3.04. The van der Waals surface area contributed by atoms with Crippen LogP contribution in [-0.4, -0.2) is 32.2 Å². The van der Waals surface area contributed by atoms with E-state index >= 15 is 0 Å². The van der Waals surface area contributed by atoms with E-state index in [1.165, 1.54) is 32.7 Å². The highest BCUT2D eigenvalue weighted by Gasteiger charge is 2.14. The zero-order valence-corrected chi connectivity index (χ0v) is 13.5. The lowest BCUT2D eigenvalue weighted by atomic mass is 10.2. The quantitative estimate of drug-likeness (QED) is 0.849. The summed E-state index contributed by atoms with van der Waals surface area (Å²) in [7, 11) is 4.60. The Morgan fingerprint density at radius 1 is 1.18 bits per heavy atom. The van der Waals surface area contributed by atoms with Gasteiger partial charge >= 0.3 is 0 Å². The maximum atomic E-state index is 12.0. The molecule has 0 aliphatic carbocycles. The highest BCUT2D eigenvalue weighted by molar-refractivity contribution is 7.07. The van der Waals surface area contributed by atoms with Crippen molar-refractivity contribution < 1.29 is 19.0 Å². The molecule has 22 heavy (non-hydrogen) atoms. The predicted molar refractivity (Wildman–Crippen MR) is 85.2 cm³/mol. The van der Waals surface area contributed by atoms with Crippen LogP contribution in [0.25, 0.3) is 0 Å². The molecule has 0 aliphatic heterocycles. The van der Waals surface area contributed by atoms with Crippen LogP contribution in [-0.2, 0) is 11.2 Å². The molecule has 0 bridgehead atoms. The Labute approximate surface area is 133 Å². The zero-order valence-electron chi connectivity index (χ0n) is 12.7. The van der Waals surface area contributed by atoms with Crippen molar-refractivity contribution in [3.63, 3.8) is 0 Å². The SMILES string of the molecule is COc1cc(NC(=O)CCc2cscn2)cc(OC)c1OC. The van der Waals surface area contributed by atoms with Gasteiger partial charge < -0.3 is 19.5 Å². The number of nitrogens with one attached hydrogen (secondary N) is 1. The molecule has 0 spiro atoms. The Balaban J connectivity index is 2.06. The summed E-state index contributed by atoms with van der Waals surface area (Å²) < 4.78 is 15.8. The number of amides is 1. The van der Waals surface area contributed by atoms with Gasteiger partial charge in [0.05, 0.1) is 32.5 Å². The van der Waals surface area contributed by atoms with Crippen LogP contribution in [0.4, 0.5) is 5.69 Å². The summed E-state index contributed by atoms with van der Waals surface area (Å²) in [5.41, 5.74) is 3.27. The van der Waals surface area contributed by atoms with Crippen molar-refractivity contribution in [1.82, 2.24) is 4.98 Å². The van der Waals surface area contributed by atoms with Gasteiger partial charge in [-0.3, -0.25) is 4.79 Å². The number of carbonyl (C=O) groups excluding carboxylic acids is 1. The van der Waals surface area contributed by atoms with Crippen LogP contribution in [0, 0.1) is 0 Å². The number of methoxy groups -OCH3 is 3. The number of rotatable bonds is 7. The van der Waals surface area contributed by atoms with Gasteiger partial charge in [-0.15, -0.1) is 11.3 Å².